The number of hydrogen-bond acceptors (Lipinski definition) is 2. The second-order valence-electron chi connectivity index (χ2n) is 3.35. The average Bonchev–Trinajstić information content (AvgIpc) is 2.08. The molecule has 0 radical (unpaired) electrons. The van der Waals surface area contributed by atoms with Gasteiger partial charge in [-0.2, -0.15) is 0 Å². The number of halogens is 1. The molecule has 0 bridgehead atoms. The molecule has 0 fully saturated rings. The zero-order valence-corrected chi connectivity index (χ0v) is 8.99. The van der Waals surface area contributed by atoms with E-state index in [4.69, 9.17) is 16.7 Å². The van der Waals surface area contributed by atoms with Gasteiger partial charge in [0.15, 0.2) is 0 Å². The molecule has 0 aliphatic carbocycles. The Kier molecular flexibility index (Phi) is 5.89. The van der Waals surface area contributed by atoms with Crippen LogP contribution < -0.4 is 5.32 Å². The highest BCUT2D eigenvalue weighted by Crippen LogP contribution is 2.16. The van der Waals surface area contributed by atoms with Crippen molar-refractivity contribution in [3.8, 4) is 0 Å². The molecule has 12 heavy (non-hydrogen) atoms. The van der Waals surface area contributed by atoms with E-state index in [1.807, 2.05) is 0 Å². The van der Waals surface area contributed by atoms with Gasteiger partial charge >= 0.3 is 0 Å². The van der Waals surface area contributed by atoms with Crippen molar-refractivity contribution >= 4 is 11.6 Å². The van der Waals surface area contributed by atoms with Crippen molar-refractivity contribution in [1.29, 1.82) is 0 Å². The van der Waals surface area contributed by atoms with Crippen LogP contribution in [0, 0.1) is 0 Å². The third-order valence-corrected chi connectivity index (χ3v) is 2.89. The minimum Gasteiger partial charge on any atom is -0.392 e. The summed E-state index contributed by atoms with van der Waals surface area (Å²) in [5.74, 6) is 0.604. The van der Waals surface area contributed by atoms with Crippen LogP contribution in [0.25, 0.3) is 0 Å². The van der Waals surface area contributed by atoms with Crippen LogP contribution >= 0.6 is 11.6 Å². The van der Waals surface area contributed by atoms with Gasteiger partial charge in [0.2, 0.25) is 0 Å². The highest BCUT2D eigenvalue weighted by Gasteiger charge is 2.24. The lowest BCUT2D eigenvalue weighted by atomic mass is 9.95. The first kappa shape index (κ1) is 12.2. The maximum Gasteiger partial charge on any atom is 0.0636 e. The predicted octanol–water partition coefficient (Wildman–Crippen LogP) is 1.75. The number of hydrogen-bond donors (Lipinski definition) is 2. The summed E-state index contributed by atoms with van der Waals surface area (Å²) in [7, 11) is 0. The third-order valence-electron chi connectivity index (χ3n) is 2.38. The molecule has 2 N–H and O–H groups in total. The number of alkyl halides is 1. The molecule has 0 amide bonds. The van der Waals surface area contributed by atoms with E-state index >= 15 is 0 Å². The number of β-amino-alcohol motifs (C(OH)–C–C–N with tert-alkyl or cyclic N) is 1. The fourth-order valence-electron chi connectivity index (χ4n) is 1.10. The van der Waals surface area contributed by atoms with Crippen LogP contribution in [0.1, 0.15) is 33.6 Å². The quantitative estimate of drug-likeness (QED) is 0.631. The molecule has 0 aromatic rings. The lowest BCUT2D eigenvalue weighted by molar-refractivity contribution is 0.171. The Morgan fingerprint density at radius 2 is 1.92 bits per heavy atom. The Hall–Kier alpha value is 0.210. The van der Waals surface area contributed by atoms with Gasteiger partial charge < -0.3 is 10.4 Å². The highest BCUT2D eigenvalue weighted by atomic mass is 35.5. The molecule has 0 aromatic heterocycles. The first-order valence-corrected chi connectivity index (χ1v) is 5.12. The molecule has 74 valence electrons. The van der Waals surface area contributed by atoms with Crippen LogP contribution in [0.2, 0.25) is 0 Å². The van der Waals surface area contributed by atoms with Gasteiger partial charge in [-0.15, -0.1) is 11.6 Å². The summed E-state index contributed by atoms with van der Waals surface area (Å²) < 4.78 is 0. The van der Waals surface area contributed by atoms with E-state index in [0.717, 1.165) is 12.8 Å². The Bertz CT molecular complexity index is 105. The Balaban J connectivity index is 3.93. The van der Waals surface area contributed by atoms with Crippen molar-refractivity contribution in [1.82, 2.24) is 5.32 Å². The fourth-order valence-corrected chi connectivity index (χ4v) is 1.57. The molecule has 0 spiro atoms. The molecule has 3 heteroatoms. The highest BCUT2D eigenvalue weighted by molar-refractivity contribution is 6.18. The van der Waals surface area contributed by atoms with E-state index in [1.54, 1.807) is 6.92 Å². The molecule has 1 atom stereocenters. The van der Waals surface area contributed by atoms with Crippen LogP contribution in [-0.4, -0.2) is 29.2 Å². The molecule has 2 nitrogen and oxygen atoms in total. The summed E-state index contributed by atoms with van der Waals surface area (Å²) in [5, 5.41) is 12.4. The zero-order chi connectivity index (χ0) is 9.61. The SMILES string of the molecule is CCC(CC)(CCl)NCC(C)O. The molecule has 0 saturated heterocycles. The first-order chi connectivity index (χ1) is 5.60. The van der Waals surface area contributed by atoms with E-state index < -0.39 is 0 Å². The van der Waals surface area contributed by atoms with Crippen LogP contribution in [0.3, 0.4) is 0 Å². The Labute approximate surface area is 80.3 Å². The second kappa shape index (κ2) is 5.79. The standard InChI is InChI=1S/C9H20ClNO/c1-4-9(5-2,7-10)11-6-8(3)12/h8,11-12H,4-7H2,1-3H3. The molecular weight excluding hydrogens is 174 g/mol. The maximum atomic E-state index is 9.10. The van der Waals surface area contributed by atoms with Crippen molar-refractivity contribution < 1.29 is 5.11 Å². The van der Waals surface area contributed by atoms with Crippen molar-refractivity contribution in [3.63, 3.8) is 0 Å². The van der Waals surface area contributed by atoms with Gasteiger partial charge in [-0.25, -0.2) is 0 Å². The molecule has 0 heterocycles. The van der Waals surface area contributed by atoms with Gasteiger partial charge in [0.05, 0.1) is 6.10 Å². The number of aliphatic hydroxyl groups is 1. The third kappa shape index (κ3) is 3.74. The van der Waals surface area contributed by atoms with Crippen LogP contribution in [0.5, 0.6) is 0 Å². The lowest BCUT2D eigenvalue weighted by Crippen LogP contribution is -2.48. The summed E-state index contributed by atoms with van der Waals surface area (Å²) >= 11 is 5.86. The molecule has 0 aliphatic heterocycles. The summed E-state index contributed by atoms with van der Waals surface area (Å²) in [4.78, 5) is 0. The summed E-state index contributed by atoms with van der Waals surface area (Å²) in [6, 6.07) is 0. The predicted molar refractivity (Wildman–Crippen MR) is 53.7 cm³/mol. The van der Waals surface area contributed by atoms with Crippen molar-refractivity contribution in [2.75, 3.05) is 12.4 Å². The molecule has 1 unspecified atom stereocenters. The largest absolute Gasteiger partial charge is 0.392 e. The van der Waals surface area contributed by atoms with Crippen LogP contribution in [0.15, 0.2) is 0 Å². The molecule has 0 rings (SSSR count). The van der Waals surface area contributed by atoms with E-state index in [2.05, 4.69) is 19.2 Å². The van der Waals surface area contributed by atoms with E-state index in [-0.39, 0.29) is 11.6 Å². The van der Waals surface area contributed by atoms with Crippen molar-refractivity contribution in [2.45, 2.75) is 45.3 Å². The van der Waals surface area contributed by atoms with E-state index in [1.165, 1.54) is 0 Å². The van der Waals surface area contributed by atoms with Gasteiger partial charge in [-0.3, -0.25) is 0 Å². The van der Waals surface area contributed by atoms with Crippen LogP contribution in [0.4, 0.5) is 0 Å². The van der Waals surface area contributed by atoms with E-state index in [9.17, 15) is 0 Å². The normalized spacial score (nSPS) is 14.8. The summed E-state index contributed by atoms with van der Waals surface area (Å²) in [6.07, 6.45) is 1.70. The van der Waals surface area contributed by atoms with Gasteiger partial charge in [0.1, 0.15) is 0 Å². The summed E-state index contributed by atoms with van der Waals surface area (Å²) in [6.45, 7) is 6.62. The van der Waals surface area contributed by atoms with Gasteiger partial charge in [0, 0.05) is 18.0 Å². The Morgan fingerprint density at radius 1 is 1.42 bits per heavy atom. The molecular formula is C9H20ClNO. The maximum absolute atomic E-state index is 9.10. The lowest BCUT2D eigenvalue weighted by Gasteiger charge is -2.31. The number of aliphatic hydroxyl groups excluding tert-OH is 1. The van der Waals surface area contributed by atoms with E-state index in [0.29, 0.717) is 12.4 Å². The molecule has 0 saturated carbocycles. The topological polar surface area (TPSA) is 32.3 Å². The van der Waals surface area contributed by atoms with Crippen LogP contribution in [-0.2, 0) is 0 Å². The summed E-state index contributed by atoms with van der Waals surface area (Å²) in [5.41, 5.74) is 0.0124. The van der Waals surface area contributed by atoms with Gasteiger partial charge in [-0.1, -0.05) is 13.8 Å². The minimum absolute atomic E-state index is 0.0124. The van der Waals surface area contributed by atoms with Crippen molar-refractivity contribution in [2.24, 2.45) is 0 Å². The smallest absolute Gasteiger partial charge is 0.0636 e. The average molecular weight is 194 g/mol. The number of rotatable bonds is 6. The Morgan fingerprint density at radius 3 is 2.17 bits per heavy atom. The zero-order valence-electron chi connectivity index (χ0n) is 8.23. The fraction of sp³-hybridized carbons (Fsp3) is 1.00. The number of nitrogens with one attached hydrogen (secondary N) is 1. The van der Waals surface area contributed by atoms with Gasteiger partial charge in [0.25, 0.3) is 0 Å². The second-order valence-corrected chi connectivity index (χ2v) is 3.62. The van der Waals surface area contributed by atoms with Crippen molar-refractivity contribution in [3.05, 3.63) is 0 Å². The van der Waals surface area contributed by atoms with Gasteiger partial charge in [-0.05, 0) is 19.8 Å². The molecule has 0 aliphatic rings. The molecule has 0 aromatic carbocycles. The monoisotopic (exact) mass is 193 g/mol. The first-order valence-electron chi connectivity index (χ1n) is 4.59. The minimum atomic E-state index is -0.300.